The highest BCUT2D eigenvalue weighted by Crippen LogP contribution is 2.29. The van der Waals surface area contributed by atoms with Gasteiger partial charge in [0.1, 0.15) is 17.8 Å². The first-order chi connectivity index (χ1) is 15.1. The third kappa shape index (κ3) is 4.66. The van der Waals surface area contributed by atoms with Crippen molar-refractivity contribution in [2.75, 3.05) is 37.8 Å². The van der Waals surface area contributed by atoms with Crippen LogP contribution in [0.5, 0.6) is 0 Å². The van der Waals surface area contributed by atoms with Crippen molar-refractivity contribution in [2.24, 2.45) is 0 Å². The average Bonchev–Trinajstić information content (AvgIpc) is 3.23. The van der Waals surface area contributed by atoms with Crippen molar-refractivity contribution in [1.29, 1.82) is 0 Å². The van der Waals surface area contributed by atoms with Gasteiger partial charge in [-0.3, -0.25) is 10.0 Å². The van der Waals surface area contributed by atoms with E-state index in [2.05, 4.69) is 23.7 Å². The van der Waals surface area contributed by atoms with Gasteiger partial charge in [-0.2, -0.15) is 4.98 Å². The van der Waals surface area contributed by atoms with Gasteiger partial charge < -0.3 is 18.9 Å². The van der Waals surface area contributed by atoms with E-state index in [4.69, 9.17) is 24.6 Å². The Morgan fingerprint density at radius 3 is 2.84 bits per heavy atom. The Balaban J connectivity index is 1.72. The molecule has 2 aromatic heterocycles. The third-order valence-electron chi connectivity index (χ3n) is 5.09. The summed E-state index contributed by atoms with van der Waals surface area (Å²) in [6, 6.07) is 7.98. The highest BCUT2D eigenvalue weighted by molar-refractivity contribution is 5.88. The van der Waals surface area contributed by atoms with Crippen molar-refractivity contribution in [3.05, 3.63) is 36.2 Å². The lowest BCUT2D eigenvalue weighted by atomic mass is 10.1. The molecule has 2 N–H and O–H groups in total. The molecule has 3 heterocycles. The van der Waals surface area contributed by atoms with Crippen LogP contribution in [-0.2, 0) is 20.9 Å². The van der Waals surface area contributed by atoms with Crippen LogP contribution < -0.4 is 10.4 Å². The highest BCUT2D eigenvalue weighted by Gasteiger charge is 2.21. The Bertz CT molecular complexity index is 1060. The number of anilines is 1. The molecule has 1 aliphatic heterocycles. The van der Waals surface area contributed by atoms with Crippen LogP contribution in [0.3, 0.4) is 0 Å². The minimum atomic E-state index is -0.594. The van der Waals surface area contributed by atoms with Crippen molar-refractivity contribution in [3.8, 4) is 11.3 Å². The first-order valence-corrected chi connectivity index (χ1v) is 10.2. The molecule has 0 unspecified atom stereocenters. The van der Waals surface area contributed by atoms with Gasteiger partial charge in [0, 0.05) is 24.7 Å². The van der Waals surface area contributed by atoms with Crippen LogP contribution in [-0.4, -0.2) is 63.5 Å². The second-order valence-electron chi connectivity index (χ2n) is 7.62. The Labute approximate surface area is 179 Å². The number of aromatic nitrogens is 4. The van der Waals surface area contributed by atoms with E-state index in [1.165, 1.54) is 0 Å². The van der Waals surface area contributed by atoms with Gasteiger partial charge in [-0.05, 0) is 25.5 Å². The van der Waals surface area contributed by atoms with Crippen molar-refractivity contribution >= 4 is 23.0 Å². The molecule has 0 bridgehead atoms. The molecule has 0 radical (unpaired) electrons. The van der Waals surface area contributed by atoms with Crippen LogP contribution >= 0.6 is 0 Å². The van der Waals surface area contributed by atoms with Gasteiger partial charge in [0.15, 0.2) is 5.65 Å². The fourth-order valence-corrected chi connectivity index (χ4v) is 3.49. The van der Waals surface area contributed by atoms with E-state index in [9.17, 15) is 4.79 Å². The summed E-state index contributed by atoms with van der Waals surface area (Å²) in [7, 11) is 0. The number of nitrogens with zero attached hydrogens (tertiary/aromatic N) is 5. The van der Waals surface area contributed by atoms with Crippen LogP contribution in [0.4, 0.5) is 5.95 Å². The lowest BCUT2D eigenvalue weighted by Gasteiger charge is -2.27. The summed E-state index contributed by atoms with van der Waals surface area (Å²) >= 11 is 0. The molecule has 3 aromatic rings. The van der Waals surface area contributed by atoms with Crippen LogP contribution in [0.15, 0.2) is 30.6 Å². The number of hydrogen-bond acceptors (Lipinski definition) is 8. The van der Waals surface area contributed by atoms with Crippen molar-refractivity contribution in [2.45, 2.75) is 26.5 Å². The van der Waals surface area contributed by atoms with Crippen molar-refractivity contribution in [3.63, 3.8) is 0 Å². The van der Waals surface area contributed by atoms with Gasteiger partial charge >= 0.3 is 0 Å². The molecule has 10 nitrogen and oxygen atoms in total. The van der Waals surface area contributed by atoms with Crippen LogP contribution in [0.25, 0.3) is 22.4 Å². The SMILES string of the molecule is CC(C)n1cnc2c(-c3cccc(COCC(=O)NO)c3)nc(N3CCOCC3)nc21. The standard InChI is InChI=1S/C21H26N6O4/c1-14(2)27-13-22-19-18(23-21(24-20(19)27)26-6-8-30-9-7-26)16-5-3-4-15(10-16)11-31-12-17(28)25-29/h3-5,10,13-14,29H,6-9,11-12H2,1-2H3,(H,25,28). The van der Waals surface area contributed by atoms with E-state index in [1.807, 2.05) is 28.8 Å². The van der Waals surface area contributed by atoms with Crippen molar-refractivity contribution < 1.29 is 19.5 Å². The first kappa shape index (κ1) is 21.2. The summed E-state index contributed by atoms with van der Waals surface area (Å²) in [4.78, 5) is 27.6. The normalized spacial score (nSPS) is 14.4. The molecule has 0 spiro atoms. The van der Waals surface area contributed by atoms with Gasteiger partial charge in [0.05, 0.1) is 26.1 Å². The molecule has 164 valence electrons. The second kappa shape index (κ2) is 9.38. The molecule has 31 heavy (non-hydrogen) atoms. The zero-order valence-electron chi connectivity index (χ0n) is 17.6. The maximum atomic E-state index is 11.2. The molecule has 0 atom stereocenters. The molecule has 0 aliphatic carbocycles. The molecule has 0 saturated carbocycles. The number of morpholine rings is 1. The maximum absolute atomic E-state index is 11.2. The second-order valence-corrected chi connectivity index (χ2v) is 7.62. The van der Waals surface area contributed by atoms with Gasteiger partial charge in [-0.15, -0.1) is 0 Å². The average molecular weight is 426 g/mol. The minimum Gasteiger partial charge on any atom is -0.378 e. The third-order valence-corrected chi connectivity index (χ3v) is 5.09. The highest BCUT2D eigenvalue weighted by atomic mass is 16.5. The van der Waals surface area contributed by atoms with Gasteiger partial charge in [-0.25, -0.2) is 15.4 Å². The maximum Gasteiger partial charge on any atom is 0.269 e. The monoisotopic (exact) mass is 426 g/mol. The zero-order chi connectivity index (χ0) is 21.8. The molecule has 1 fully saturated rings. The number of hydroxylamine groups is 1. The number of carbonyl (C=O) groups excluding carboxylic acids is 1. The van der Waals surface area contributed by atoms with Gasteiger partial charge in [0.2, 0.25) is 5.95 Å². The number of imidazole rings is 1. The topological polar surface area (TPSA) is 115 Å². The van der Waals surface area contributed by atoms with E-state index in [1.54, 1.807) is 11.8 Å². The molecule has 1 aliphatic rings. The summed E-state index contributed by atoms with van der Waals surface area (Å²) in [6.07, 6.45) is 1.80. The lowest BCUT2D eigenvalue weighted by Crippen LogP contribution is -2.37. The molecule has 10 heteroatoms. The smallest absolute Gasteiger partial charge is 0.269 e. The van der Waals surface area contributed by atoms with Crippen LogP contribution in [0, 0.1) is 0 Å². The number of ether oxygens (including phenoxy) is 2. The number of nitrogens with one attached hydrogen (secondary N) is 1. The molecule has 4 rings (SSSR count). The summed E-state index contributed by atoms with van der Waals surface area (Å²) < 4.78 is 12.9. The first-order valence-electron chi connectivity index (χ1n) is 10.2. The van der Waals surface area contributed by atoms with Crippen LogP contribution in [0.2, 0.25) is 0 Å². The minimum absolute atomic E-state index is 0.211. The zero-order valence-corrected chi connectivity index (χ0v) is 17.6. The van der Waals surface area contributed by atoms with E-state index < -0.39 is 5.91 Å². The molecular formula is C21H26N6O4. The van der Waals surface area contributed by atoms with Crippen LogP contribution in [0.1, 0.15) is 25.5 Å². The Morgan fingerprint density at radius 2 is 2.10 bits per heavy atom. The van der Waals surface area contributed by atoms with E-state index in [0.717, 1.165) is 41.1 Å². The largest absolute Gasteiger partial charge is 0.378 e. The molecule has 1 aromatic carbocycles. The molecular weight excluding hydrogens is 400 g/mol. The lowest BCUT2D eigenvalue weighted by molar-refractivity contribution is -0.134. The predicted octanol–water partition coefficient (Wildman–Crippen LogP) is 1.93. The number of hydrogen-bond donors (Lipinski definition) is 2. The van der Waals surface area contributed by atoms with Gasteiger partial charge in [0.25, 0.3) is 5.91 Å². The number of carbonyl (C=O) groups is 1. The Kier molecular flexibility index (Phi) is 6.40. The summed E-state index contributed by atoms with van der Waals surface area (Å²) in [5.41, 5.74) is 5.61. The number of rotatable bonds is 7. The van der Waals surface area contributed by atoms with E-state index in [-0.39, 0.29) is 19.3 Å². The fourth-order valence-electron chi connectivity index (χ4n) is 3.49. The summed E-state index contributed by atoms with van der Waals surface area (Å²) in [5.74, 6) is 0.0671. The predicted molar refractivity (Wildman–Crippen MR) is 114 cm³/mol. The Morgan fingerprint density at radius 1 is 1.29 bits per heavy atom. The quantitative estimate of drug-likeness (QED) is 0.435. The summed E-state index contributed by atoms with van der Waals surface area (Å²) in [6.45, 7) is 6.96. The van der Waals surface area contributed by atoms with E-state index in [0.29, 0.717) is 19.2 Å². The number of benzene rings is 1. The van der Waals surface area contributed by atoms with E-state index >= 15 is 0 Å². The number of amides is 1. The fraction of sp³-hybridized carbons (Fsp3) is 0.429. The molecule has 1 saturated heterocycles. The Hall–Kier alpha value is -3.08. The molecule has 1 amide bonds. The van der Waals surface area contributed by atoms with Crippen molar-refractivity contribution in [1.82, 2.24) is 25.0 Å². The van der Waals surface area contributed by atoms with Gasteiger partial charge in [-0.1, -0.05) is 18.2 Å². The number of fused-ring (bicyclic) bond motifs is 1. The summed E-state index contributed by atoms with van der Waals surface area (Å²) in [5, 5.41) is 8.59.